The highest BCUT2D eigenvalue weighted by molar-refractivity contribution is 5.76. The molecule has 3 heterocycles. The van der Waals surface area contributed by atoms with Crippen LogP contribution in [0.3, 0.4) is 0 Å². The molecule has 1 saturated carbocycles. The fraction of sp³-hybridized carbons (Fsp3) is 0.864. The average Bonchev–Trinajstić information content (AvgIpc) is 3.18. The molecule has 206 valence electrons. The van der Waals surface area contributed by atoms with Gasteiger partial charge in [-0.05, 0) is 18.8 Å². The van der Waals surface area contributed by atoms with Crippen molar-refractivity contribution in [2.45, 2.75) is 93.1 Å². The molecule has 1 aliphatic carbocycles. The Labute approximate surface area is 206 Å². The largest absolute Gasteiger partial charge is 0.471 e. The molecule has 0 aromatic rings. The third-order valence-corrected chi connectivity index (χ3v) is 7.60. The zero-order chi connectivity index (χ0) is 26.4. The van der Waals surface area contributed by atoms with Gasteiger partial charge in [0.05, 0.1) is 31.0 Å². The van der Waals surface area contributed by atoms with Gasteiger partial charge in [-0.15, -0.1) is 0 Å². The first-order chi connectivity index (χ1) is 17.0. The van der Waals surface area contributed by atoms with E-state index in [4.69, 9.17) is 23.7 Å². The summed E-state index contributed by atoms with van der Waals surface area (Å²) in [7, 11) is 0. The summed E-state index contributed by atoms with van der Waals surface area (Å²) in [4.78, 5) is 11.4. The van der Waals surface area contributed by atoms with Gasteiger partial charge in [0.15, 0.2) is 18.9 Å². The Kier molecular flexibility index (Phi) is 8.36. The Morgan fingerprint density at radius 1 is 0.944 bits per heavy atom. The van der Waals surface area contributed by atoms with Gasteiger partial charge in [0.25, 0.3) is 0 Å². The van der Waals surface area contributed by atoms with E-state index in [9.17, 15) is 45.6 Å². The van der Waals surface area contributed by atoms with E-state index in [1.807, 2.05) is 6.92 Å². The summed E-state index contributed by atoms with van der Waals surface area (Å²) in [6.07, 6.45) is -14.3. The van der Waals surface area contributed by atoms with Crippen LogP contribution in [0.2, 0.25) is 0 Å². The lowest BCUT2D eigenvalue weighted by molar-refractivity contribution is -0.357. The van der Waals surface area contributed by atoms with Crippen LogP contribution in [0.5, 0.6) is 0 Å². The van der Waals surface area contributed by atoms with Gasteiger partial charge < -0.3 is 64.5 Å². The van der Waals surface area contributed by atoms with Crippen LogP contribution in [-0.2, 0) is 28.5 Å². The third kappa shape index (κ3) is 4.81. The number of rotatable bonds is 7. The quantitative estimate of drug-likeness (QED) is 0.149. The zero-order valence-corrected chi connectivity index (χ0v) is 19.5. The van der Waals surface area contributed by atoms with Gasteiger partial charge >= 0.3 is 0 Å². The fourth-order valence-electron chi connectivity index (χ4n) is 5.36. The molecule has 14 unspecified atom stereocenters. The Balaban J connectivity index is 1.44. The molecule has 0 aromatic carbocycles. The first-order valence-electron chi connectivity index (χ1n) is 11.8. The first-order valence-corrected chi connectivity index (χ1v) is 11.8. The molecule has 0 amide bonds. The lowest BCUT2D eigenvalue weighted by Gasteiger charge is -2.45. The van der Waals surface area contributed by atoms with Crippen molar-refractivity contribution >= 4 is 6.29 Å². The molecule has 14 heteroatoms. The van der Waals surface area contributed by atoms with Gasteiger partial charge in [-0.3, -0.25) is 4.79 Å². The average molecular weight is 523 g/mol. The van der Waals surface area contributed by atoms with E-state index in [-0.39, 0.29) is 11.5 Å². The number of aliphatic hydroxyl groups is 8. The molecular formula is C22H34O14. The normalized spacial score (nSPS) is 51.2. The lowest BCUT2D eigenvalue weighted by Crippen LogP contribution is -2.62. The predicted molar refractivity (Wildman–Crippen MR) is 113 cm³/mol. The predicted octanol–water partition coefficient (Wildman–Crippen LogP) is -4.16. The van der Waals surface area contributed by atoms with Gasteiger partial charge in [0.1, 0.15) is 54.4 Å². The smallest absolute Gasteiger partial charge is 0.207 e. The summed E-state index contributed by atoms with van der Waals surface area (Å²) in [5, 5.41) is 81.6. The van der Waals surface area contributed by atoms with Crippen LogP contribution in [0.1, 0.15) is 19.8 Å². The van der Waals surface area contributed by atoms with E-state index in [0.29, 0.717) is 19.1 Å². The number of hydrogen-bond acceptors (Lipinski definition) is 14. The van der Waals surface area contributed by atoms with E-state index in [0.717, 1.165) is 6.26 Å². The van der Waals surface area contributed by atoms with Crippen molar-refractivity contribution in [1.29, 1.82) is 0 Å². The highest BCUT2D eigenvalue weighted by atomic mass is 16.8. The summed E-state index contributed by atoms with van der Waals surface area (Å²) < 4.78 is 27.6. The van der Waals surface area contributed by atoms with Gasteiger partial charge in [0, 0.05) is 0 Å². The van der Waals surface area contributed by atoms with E-state index < -0.39 is 92.4 Å². The molecule has 14 atom stereocenters. The Bertz CT molecular complexity index is 808. The van der Waals surface area contributed by atoms with Crippen LogP contribution in [0.4, 0.5) is 0 Å². The maximum Gasteiger partial charge on any atom is 0.207 e. The zero-order valence-electron chi connectivity index (χ0n) is 19.5. The summed E-state index contributed by atoms with van der Waals surface area (Å²) in [5.41, 5.74) is -1.42. The summed E-state index contributed by atoms with van der Waals surface area (Å²) in [6, 6.07) is 0. The van der Waals surface area contributed by atoms with Crippen molar-refractivity contribution < 1.29 is 69.3 Å². The highest BCUT2D eigenvalue weighted by Crippen LogP contribution is 2.49. The van der Waals surface area contributed by atoms with Crippen LogP contribution in [0, 0.1) is 11.8 Å². The lowest BCUT2D eigenvalue weighted by atomic mass is 9.80. The molecule has 3 fully saturated rings. The van der Waals surface area contributed by atoms with Crippen molar-refractivity contribution in [2.24, 2.45) is 11.8 Å². The van der Waals surface area contributed by atoms with E-state index in [1.165, 1.54) is 0 Å². The molecule has 36 heavy (non-hydrogen) atoms. The molecule has 0 aromatic heterocycles. The van der Waals surface area contributed by atoms with Gasteiger partial charge in [0.2, 0.25) is 6.29 Å². The standard InChI is InChI=1S/C22H34O14/c1-8-2-3-22(31)9(4-23)6-32-19(12(8)22)36-21-18(30)16(28)14(26)11(35-21)7-33-20-17(29)15(27)13(25)10(5-24)34-20/h4,6,8,10-21,24-31H,2-3,5,7H2,1H3. The second-order valence-corrected chi connectivity index (χ2v) is 9.84. The van der Waals surface area contributed by atoms with Crippen molar-refractivity contribution in [1.82, 2.24) is 0 Å². The SMILES string of the molecule is CC1CCC2(O)C(C=O)=COC(OC3OC(COC4OC(CO)C(O)C(O)C4O)C(O)C(O)C3O)C12. The molecule has 0 radical (unpaired) electrons. The highest BCUT2D eigenvalue weighted by Gasteiger charge is 2.57. The monoisotopic (exact) mass is 522 g/mol. The molecule has 4 aliphatic rings. The van der Waals surface area contributed by atoms with Gasteiger partial charge in [-0.25, -0.2) is 0 Å². The van der Waals surface area contributed by atoms with Crippen LogP contribution in [0.25, 0.3) is 0 Å². The van der Waals surface area contributed by atoms with E-state index in [2.05, 4.69) is 0 Å². The topological polar surface area (TPSA) is 225 Å². The molecule has 4 rings (SSSR count). The molecule has 14 nitrogen and oxygen atoms in total. The second kappa shape index (κ2) is 10.8. The molecule has 0 bridgehead atoms. The molecule has 3 aliphatic heterocycles. The number of ether oxygens (including phenoxy) is 5. The van der Waals surface area contributed by atoms with Crippen molar-refractivity contribution in [3.63, 3.8) is 0 Å². The van der Waals surface area contributed by atoms with Crippen molar-refractivity contribution in [3.8, 4) is 0 Å². The van der Waals surface area contributed by atoms with Crippen molar-refractivity contribution in [2.75, 3.05) is 13.2 Å². The first kappa shape index (κ1) is 27.8. The fourth-order valence-corrected chi connectivity index (χ4v) is 5.36. The number of aliphatic hydroxyl groups excluding tert-OH is 7. The summed E-state index contributed by atoms with van der Waals surface area (Å²) >= 11 is 0. The number of hydrogen-bond donors (Lipinski definition) is 8. The summed E-state index contributed by atoms with van der Waals surface area (Å²) in [5.74, 6) is -0.795. The number of fused-ring (bicyclic) bond motifs is 1. The van der Waals surface area contributed by atoms with Crippen LogP contribution in [0.15, 0.2) is 11.8 Å². The maximum absolute atomic E-state index is 11.4. The number of carbonyl (C=O) groups is 1. The molecule has 0 spiro atoms. The van der Waals surface area contributed by atoms with Crippen LogP contribution >= 0.6 is 0 Å². The Morgan fingerprint density at radius 2 is 1.56 bits per heavy atom. The molecule has 2 saturated heterocycles. The van der Waals surface area contributed by atoms with E-state index >= 15 is 0 Å². The Morgan fingerprint density at radius 3 is 2.19 bits per heavy atom. The third-order valence-electron chi connectivity index (χ3n) is 7.60. The molecular weight excluding hydrogens is 488 g/mol. The van der Waals surface area contributed by atoms with Gasteiger partial charge in [-0.2, -0.15) is 0 Å². The van der Waals surface area contributed by atoms with Crippen LogP contribution in [-0.4, -0.2) is 134 Å². The van der Waals surface area contributed by atoms with E-state index in [1.54, 1.807) is 0 Å². The summed E-state index contributed by atoms with van der Waals surface area (Å²) in [6.45, 7) is 0.670. The minimum atomic E-state index is -1.74. The molecule has 8 N–H and O–H groups in total. The number of aldehydes is 1. The van der Waals surface area contributed by atoms with Crippen molar-refractivity contribution in [3.05, 3.63) is 11.8 Å². The minimum absolute atomic E-state index is 0.0723. The van der Waals surface area contributed by atoms with Crippen LogP contribution < -0.4 is 0 Å². The second-order valence-electron chi connectivity index (χ2n) is 9.84. The Hall–Kier alpha value is -1.27. The minimum Gasteiger partial charge on any atom is -0.471 e. The number of carbonyl (C=O) groups excluding carboxylic acids is 1. The van der Waals surface area contributed by atoms with Gasteiger partial charge in [-0.1, -0.05) is 6.92 Å². The maximum atomic E-state index is 11.4.